The minimum Gasteiger partial charge on any atom is -0.336 e. The lowest BCUT2D eigenvalue weighted by Crippen LogP contribution is -1.97. The fourth-order valence-corrected chi connectivity index (χ4v) is 2.47. The van der Waals surface area contributed by atoms with Crippen molar-refractivity contribution in [2.75, 3.05) is 0 Å². The fourth-order valence-electron chi connectivity index (χ4n) is 2.21. The topological polar surface area (TPSA) is 63.9 Å². The molecule has 0 bridgehead atoms. The molecule has 0 atom stereocenters. The average molecular weight is 315 g/mol. The van der Waals surface area contributed by atoms with Crippen molar-refractivity contribution in [3.8, 4) is 16.9 Å². The van der Waals surface area contributed by atoms with E-state index in [1.54, 1.807) is 35.0 Å². The van der Waals surface area contributed by atoms with Crippen molar-refractivity contribution in [1.82, 2.24) is 9.55 Å². The molecule has 3 rings (SSSR count). The SMILES string of the molecule is O=[N+]([O-])c1cccc(-c2c[nH]c(=S)n2-c2ccc(F)cc2)c1. The van der Waals surface area contributed by atoms with Gasteiger partial charge in [0.1, 0.15) is 5.82 Å². The molecule has 0 saturated heterocycles. The Bertz CT molecular complexity index is 900. The van der Waals surface area contributed by atoms with Crippen molar-refractivity contribution < 1.29 is 9.31 Å². The highest BCUT2D eigenvalue weighted by Gasteiger charge is 2.12. The number of nitrogens with one attached hydrogen (secondary N) is 1. The minimum absolute atomic E-state index is 0.00438. The summed E-state index contributed by atoms with van der Waals surface area (Å²) >= 11 is 5.25. The molecule has 0 saturated carbocycles. The molecule has 1 heterocycles. The molecule has 1 aromatic heterocycles. The van der Waals surface area contributed by atoms with Gasteiger partial charge in [-0.2, -0.15) is 0 Å². The number of aromatic nitrogens is 2. The number of hydrogen-bond donors (Lipinski definition) is 1. The predicted molar refractivity (Wildman–Crippen MR) is 83.0 cm³/mol. The first-order valence-electron chi connectivity index (χ1n) is 6.37. The molecule has 0 unspecified atom stereocenters. The number of benzene rings is 2. The highest BCUT2D eigenvalue weighted by molar-refractivity contribution is 7.71. The number of nitro benzene ring substituents is 1. The summed E-state index contributed by atoms with van der Waals surface area (Å²) in [4.78, 5) is 13.4. The van der Waals surface area contributed by atoms with Crippen LogP contribution in [0.4, 0.5) is 10.1 Å². The largest absolute Gasteiger partial charge is 0.336 e. The van der Waals surface area contributed by atoms with Crippen molar-refractivity contribution in [2.24, 2.45) is 0 Å². The van der Waals surface area contributed by atoms with E-state index in [2.05, 4.69) is 4.98 Å². The van der Waals surface area contributed by atoms with Crippen LogP contribution in [0, 0.1) is 20.7 Å². The Kier molecular flexibility index (Phi) is 3.56. The Labute approximate surface area is 129 Å². The Morgan fingerprint density at radius 2 is 1.91 bits per heavy atom. The summed E-state index contributed by atoms with van der Waals surface area (Å²) in [7, 11) is 0. The summed E-state index contributed by atoms with van der Waals surface area (Å²) in [5.41, 5.74) is 1.98. The number of H-pyrrole nitrogens is 1. The molecule has 0 aliphatic heterocycles. The van der Waals surface area contributed by atoms with Crippen LogP contribution in [0.1, 0.15) is 0 Å². The molecule has 0 spiro atoms. The van der Waals surface area contributed by atoms with E-state index in [-0.39, 0.29) is 11.5 Å². The number of non-ortho nitro benzene ring substituents is 1. The molecule has 0 aliphatic carbocycles. The highest BCUT2D eigenvalue weighted by Crippen LogP contribution is 2.26. The molecular formula is C15H10FN3O2S. The highest BCUT2D eigenvalue weighted by atomic mass is 32.1. The van der Waals surface area contributed by atoms with Gasteiger partial charge in [0.25, 0.3) is 5.69 Å². The zero-order chi connectivity index (χ0) is 15.7. The molecule has 1 N–H and O–H groups in total. The van der Waals surface area contributed by atoms with E-state index in [0.717, 1.165) is 0 Å². The van der Waals surface area contributed by atoms with Crippen LogP contribution >= 0.6 is 12.2 Å². The standard InChI is InChI=1S/C15H10FN3O2S/c16-11-4-6-12(7-5-11)18-14(9-17-15(18)22)10-2-1-3-13(8-10)19(20)21/h1-9H,(H,17,22). The van der Waals surface area contributed by atoms with E-state index in [1.807, 2.05) is 0 Å². The molecular weight excluding hydrogens is 305 g/mol. The molecule has 2 aromatic carbocycles. The third-order valence-electron chi connectivity index (χ3n) is 3.21. The van der Waals surface area contributed by atoms with Crippen molar-refractivity contribution in [3.63, 3.8) is 0 Å². The summed E-state index contributed by atoms with van der Waals surface area (Å²) in [6, 6.07) is 12.1. The second-order valence-corrected chi connectivity index (χ2v) is 4.99. The normalized spacial score (nSPS) is 10.6. The molecule has 0 radical (unpaired) electrons. The van der Waals surface area contributed by atoms with E-state index < -0.39 is 4.92 Å². The van der Waals surface area contributed by atoms with E-state index in [1.165, 1.54) is 24.3 Å². The van der Waals surface area contributed by atoms with E-state index in [4.69, 9.17) is 12.2 Å². The van der Waals surface area contributed by atoms with Crippen molar-refractivity contribution in [2.45, 2.75) is 0 Å². The van der Waals surface area contributed by atoms with Crippen LogP contribution in [-0.2, 0) is 0 Å². The summed E-state index contributed by atoms with van der Waals surface area (Å²) < 4.78 is 15.2. The molecule has 3 aromatic rings. The Balaban J connectivity index is 2.17. The van der Waals surface area contributed by atoms with Gasteiger partial charge in [-0.25, -0.2) is 4.39 Å². The summed E-state index contributed by atoms with van der Waals surface area (Å²) in [5.74, 6) is -0.345. The van der Waals surface area contributed by atoms with Gasteiger partial charge in [-0.1, -0.05) is 12.1 Å². The maximum atomic E-state index is 13.1. The zero-order valence-electron chi connectivity index (χ0n) is 11.2. The monoisotopic (exact) mass is 315 g/mol. The second kappa shape index (κ2) is 5.53. The molecule has 0 fully saturated rings. The molecule has 110 valence electrons. The maximum absolute atomic E-state index is 13.1. The van der Waals surface area contributed by atoms with Crippen molar-refractivity contribution >= 4 is 17.9 Å². The molecule has 0 aliphatic rings. The lowest BCUT2D eigenvalue weighted by Gasteiger charge is -2.08. The van der Waals surface area contributed by atoms with Crippen molar-refractivity contribution in [1.29, 1.82) is 0 Å². The van der Waals surface area contributed by atoms with Gasteiger partial charge < -0.3 is 4.98 Å². The van der Waals surface area contributed by atoms with Crippen LogP contribution in [0.2, 0.25) is 0 Å². The fraction of sp³-hybridized carbons (Fsp3) is 0. The van der Waals surface area contributed by atoms with Gasteiger partial charge in [0.2, 0.25) is 0 Å². The number of nitro groups is 1. The van der Waals surface area contributed by atoms with Crippen LogP contribution in [0.15, 0.2) is 54.7 Å². The van der Waals surface area contributed by atoms with E-state index in [9.17, 15) is 14.5 Å². The Morgan fingerprint density at radius 3 is 2.59 bits per heavy atom. The third kappa shape index (κ3) is 2.53. The number of aromatic amines is 1. The van der Waals surface area contributed by atoms with Crippen LogP contribution in [0.5, 0.6) is 0 Å². The first kappa shape index (κ1) is 14.2. The first-order chi connectivity index (χ1) is 10.6. The van der Waals surface area contributed by atoms with Gasteiger partial charge in [0, 0.05) is 29.6 Å². The quantitative estimate of drug-likeness (QED) is 0.446. The van der Waals surface area contributed by atoms with Crippen LogP contribution < -0.4 is 0 Å². The third-order valence-corrected chi connectivity index (χ3v) is 3.51. The lowest BCUT2D eigenvalue weighted by atomic mass is 10.1. The maximum Gasteiger partial charge on any atom is 0.270 e. The minimum atomic E-state index is -0.451. The smallest absolute Gasteiger partial charge is 0.270 e. The number of nitrogens with zero attached hydrogens (tertiary/aromatic N) is 2. The summed E-state index contributed by atoms with van der Waals surface area (Å²) in [5, 5.41) is 10.9. The molecule has 7 heteroatoms. The van der Waals surface area contributed by atoms with Gasteiger partial charge in [-0.3, -0.25) is 14.7 Å². The first-order valence-corrected chi connectivity index (χ1v) is 6.78. The van der Waals surface area contributed by atoms with Gasteiger partial charge >= 0.3 is 0 Å². The summed E-state index contributed by atoms with van der Waals surface area (Å²) in [6.07, 6.45) is 1.67. The molecule has 5 nitrogen and oxygen atoms in total. The Morgan fingerprint density at radius 1 is 1.18 bits per heavy atom. The Hall–Kier alpha value is -2.80. The second-order valence-electron chi connectivity index (χ2n) is 4.60. The number of imidazole rings is 1. The van der Waals surface area contributed by atoms with E-state index in [0.29, 0.717) is 21.7 Å². The summed E-state index contributed by atoms with van der Waals surface area (Å²) in [6.45, 7) is 0. The molecule has 0 amide bonds. The molecule has 22 heavy (non-hydrogen) atoms. The van der Waals surface area contributed by atoms with E-state index >= 15 is 0 Å². The number of hydrogen-bond acceptors (Lipinski definition) is 3. The van der Waals surface area contributed by atoms with Crippen molar-refractivity contribution in [3.05, 3.63) is 75.4 Å². The van der Waals surface area contributed by atoms with Crippen LogP contribution in [0.3, 0.4) is 0 Å². The lowest BCUT2D eigenvalue weighted by molar-refractivity contribution is -0.384. The zero-order valence-corrected chi connectivity index (χ0v) is 12.0. The van der Waals surface area contributed by atoms with Gasteiger partial charge in [-0.05, 0) is 36.5 Å². The van der Waals surface area contributed by atoms with Crippen LogP contribution in [0.25, 0.3) is 16.9 Å². The van der Waals surface area contributed by atoms with Gasteiger partial charge in [0.05, 0.1) is 10.6 Å². The van der Waals surface area contributed by atoms with Gasteiger partial charge in [-0.15, -0.1) is 0 Å². The number of halogens is 1. The van der Waals surface area contributed by atoms with Gasteiger partial charge in [0.15, 0.2) is 4.77 Å². The average Bonchev–Trinajstić information content (AvgIpc) is 2.90. The van der Waals surface area contributed by atoms with Crippen LogP contribution in [-0.4, -0.2) is 14.5 Å². The number of rotatable bonds is 3. The predicted octanol–water partition coefficient (Wildman–Crippen LogP) is 4.25.